The molecule has 2 atom stereocenters. The fraction of sp³-hybridized carbons (Fsp3) is 0.833. The molecule has 0 aliphatic carbocycles. The van der Waals surface area contributed by atoms with Crippen molar-refractivity contribution < 1.29 is 48.5 Å². The van der Waals surface area contributed by atoms with Crippen molar-refractivity contribution >= 4 is 47.3 Å². The maximum atomic E-state index is 12.7. The lowest BCUT2D eigenvalue weighted by Crippen LogP contribution is -2.36. The quantitative estimate of drug-likeness (QED) is 0.0464. The second-order valence-electron chi connectivity index (χ2n) is 13.0. The highest BCUT2D eigenvalue weighted by Gasteiger charge is 2.38. The van der Waals surface area contributed by atoms with E-state index in [1.54, 1.807) is 18.8 Å². The van der Waals surface area contributed by atoms with Crippen LogP contribution in [0, 0.1) is 0 Å². The SMILES string of the molecule is CN[C@@H](CCCCNC(=O)COCCOCCNC(=O)CCN1C(=O)CC(SCCCCCCCCCCCCCCCC(=O)O)C1=O)C(=O)O. The van der Waals surface area contributed by atoms with Gasteiger partial charge in [0.05, 0.1) is 25.1 Å². The van der Waals surface area contributed by atoms with Crippen LogP contribution in [0.4, 0.5) is 0 Å². The summed E-state index contributed by atoms with van der Waals surface area (Å²) in [6.45, 7) is 1.40. The molecular formula is C36H64N4O10S. The second-order valence-corrected chi connectivity index (χ2v) is 14.3. The van der Waals surface area contributed by atoms with Crippen LogP contribution in [-0.4, -0.2) is 121 Å². The molecule has 1 saturated heterocycles. The maximum absolute atomic E-state index is 12.7. The van der Waals surface area contributed by atoms with E-state index >= 15 is 0 Å². The van der Waals surface area contributed by atoms with Gasteiger partial charge in [0.2, 0.25) is 23.6 Å². The number of likely N-dealkylation sites (tertiary alicyclic amines) is 1. The summed E-state index contributed by atoms with van der Waals surface area (Å²) in [5.41, 5.74) is 0. The summed E-state index contributed by atoms with van der Waals surface area (Å²) < 4.78 is 10.7. The largest absolute Gasteiger partial charge is 0.481 e. The smallest absolute Gasteiger partial charge is 0.320 e. The molecule has 0 aromatic carbocycles. The van der Waals surface area contributed by atoms with Gasteiger partial charge in [0.25, 0.3) is 0 Å². The molecule has 0 saturated carbocycles. The monoisotopic (exact) mass is 744 g/mol. The molecule has 15 heteroatoms. The summed E-state index contributed by atoms with van der Waals surface area (Å²) in [7, 11) is 1.60. The zero-order valence-corrected chi connectivity index (χ0v) is 31.6. The molecule has 4 amide bonds. The van der Waals surface area contributed by atoms with Crippen LogP contribution >= 0.6 is 11.8 Å². The zero-order chi connectivity index (χ0) is 37.5. The number of amides is 4. The molecule has 294 valence electrons. The summed E-state index contributed by atoms with van der Waals surface area (Å²) >= 11 is 1.54. The van der Waals surface area contributed by atoms with Gasteiger partial charge < -0.3 is 35.6 Å². The Bertz CT molecular complexity index is 1020. The number of nitrogens with one attached hydrogen (secondary N) is 3. The Morgan fingerprint density at radius 3 is 1.94 bits per heavy atom. The van der Waals surface area contributed by atoms with E-state index in [9.17, 15) is 28.8 Å². The molecule has 1 aliphatic heterocycles. The zero-order valence-electron chi connectivity index (χ0n) is 30.8. The van der Waals surface area contributed by atoms with Gasteiger partial charge in [-0.2, -0.15) is 0 Å². The predicted octanol–water partition coefficient (Wildman–Crippen LogP) is 3.89. The van der Waals surface area contributed by atoms with Crippen LogP contribution in [-0.2, 0) is 38.2 Å². The van der Waals surface area contributed by atoms with E-state index in [-0.39, 0.29) is 87.7 Å². The van der Waals surface area contributed by atoms with Crippen molar-refractivity contribution in [3.63, 3.8) is 0 Å². The molecule has 51 heavy (non-hydrogen) atoms. The Hall–Kier alpha value is -2.75. The summed E-state index contributed by atoms with van der Waals surface area (Å²) in [6, 6.07) is -0.586. The number of hydrogen-bond acceptors (Lipinski definition) is 10. The summed E-state index contributed by atoms with van der Waals surface area (Å²) in [5.74, 6) is -1.70. The molecule has 1 fully saturated rings. The van der Waals surface area contributed by atoms with Gasteiger partial charge in [0.15, 0.2) is 0 Å². The number of likely N-dealkylation sites (N-methyl/N-ethyl adjacent to an activating group) is 1. The molecule has 0 spiro atoms. The van der Waals surface area contributed by atoms with Crippen LogP contribution < -0.4 is 16.0 Å². The third-order valence-corrected chi connectivity index (χ3v) is 9.98. The molecule has 0 radical (unpaired) electrons. The molecule has 1 rings (SSSR count). The van der Waals surface area contributed by atoms with E-state index in [4.69, 9.17) is 19.7 Å². The number of rotatable bonds is 35. The van der Waals surface area contributed by atoms with Crippen molar-refractivity contribution in [3.05, 3.63) is 0 Å². The van der Waals surface area contributed by atoms with Crippen LogP contribution in [0.5, 0.6) is 0 Å². The molecule has 1 unspecified atom stereocenters. The van der Waals surface area contributed by atoms with Crippen LogP contribution in [0.3, 0.4) is 0 Å². The Kier molecular flexibility index (Phi) is 28.0. The number of carboxylic acid groups (broad SMARTS) is 2. The topological polar surface area (TPSA) is 201 Å². The van der Waals surface area contributed by atoms with Crippen molar-refractivity contribution in [1.82, 2.24) is 20.9 Å². The normalized spacial score (nSPS) is 14.9. The average molecular weight is 745 g/mol. The highest BCUT2D eigenvalue weighted by Crippen LogP contribution is 2.26. The van der Waals surface area contributed by atoms with Gasteiger partial charge in [-0.1, -0.05) is 70.6 Å². The first kappa shape index (κ1) is 46.3. The fourth-order valence-corrected chi connectivity index (χ4v) is 6.84. The van der Waals surface area contributed by atoms with E-state index in [1.807, 2.05) is 0 Å². The minimum atomic E-state index is -0.890. The molecule has 5 N–H and O–H groups in total. The van der Waals surface area contributed by atoms with E-state index < -0.39 is 18.0 Å². The van der Waals surface area contributed by atoms with E-state index in [1.165, 1.54) is 56.3 Å². The number of hydrogen-bond donors (Lipinski definition) is 5. The highest BCUT2D eigenvalue weighted by molar-refractivity contribution is 8.00. The number of imide groups is 1. The van der Waals surface area contributed by atoms with E-state index in [0.717, 1.165) is 37.9 Å². The Morgan fingerprint density at radius 1 is 0.745 bits per heavy atom. The molecule has 1 heterocycles. The minimum absolute atomic E-state index is 0.0390. The van der Waals surface area contributed by atoms with Crippen molar-refractivity contribution in [1.29, 1.82) is 0 Å². The van der Waals surface area contributed by atoms with Gasteiger partial charge in [0.1, 0.15) is 12.6 Å². The molecular weight excluding hydrogens is 680 g/mol. The Balaban J connectivity index is 1.95. The van der Waals surface area contributed by atoms with Crippen LogP contribution in [0.15, 0.2) is 0 Å². The third kappa shape index (κ3) is 25.0. The first-order valence-electron chi connectivity index (χ1n) is 18.9. The predicted molar refractivity (Wildman–Crippen MR) is 196 cm³/mol. The van der Waals surface area contributed by atoms with Gasteiger partial charge >= 0.3 is 11.9 Å². The number of aliphatic carboxylic acids is 2. The Morgan fingerprint density at radius 2 is 1.33 bits per heavy atom. The molecule has 0 bridgehead atoms. The maximum Gasteiger partial charge on any atom is 0.320 e. The lowest BCUT2D eigenvalue weighted by Gasteiger charge is -2.15. The number of carboxylic acids is 2. The number of carbonyl (C=O) groups excluding carboxylic acids is 4. The molecule has 14 nitrogen and oxygen atoms in total. The van der Waals surface area contributed by atoms with Gasteiger partial charge in [-0.3, -0.25) is 33.7 Å². The van der Waals surface area contributed by atoms with Crippen molar-refractivity contribution in [2.75, 3.05) is 58.9 Å². The summed E-state index contributed by atoms with van der Waals surface area (Å²) in [6.07, 6.45) is 17.3. The van der Waals surface area contributed by atoms with Crippen LogP contribution in [0.25, 0.3) is 0 Å². The van der Waals surface area contributed by atoms with E-state index in [0.29, 0.717) is 25.8 Å². The second kappa shape index (κ2) is 30.8. The number of nitrogens with zero attached hydrogens (tertiary/aromatic N) is 1. The molecule has 1 aliphatic rings. The third-order valence-electron chi connectivity index (χ3n) is 8.68. The number of thioether (sulfide) groups is 1. The summed E-state index contributed by atoms with van der Waals surface area (Å²) in [4.78, 5) is 71.8. The standard InChI is InChI=1S/C36H64N4O10S/c1-37-29(36(47)48)17-14-15-20-38-32(42)28-50-25-24-49-23-21-39-31(41)19-22-40-33(43)27-30(35(40)46)51-26-16-12-10-8-6-4-2-3-5-7-9-11-13-18-34(44)45/h29-30,37H,2-28H2,1H3,(H,38,42)(H,39,41)(H,44,45)(H,47,48)/t29-,30?/m0/s1. The van der Waals surface area contributed by atoms with Crippen LogP contribution in [0.2, 0.25) is 0 Å². The van der Waals surface area contributed by atoms with Gasteiger partial charge in [-0.15, -0.1) is 11.8 Å². The molecule has 0 aromatic rings. The van der Waals surface area contributed by atoms with E-state index in [2.05, 4.69) is 16.0 Å². The van der Waals surface area contributed by atoms with Gasteiger partial charge in [0, 0.05) is 38.9 Å². The highest BCUT2D eigenvalue weighted by atomic mass is 32.2. The number of carbonyl (C=O) groups is 6. The lowest BCUT2D eigenvalue weighted by molar-refractivity contribution is -0.140. The molecule has 0 aromatic heterocycles. The first-order valence-corrected chi connectivity index (χ1v) is 20.0. The van der Waals surface area contributed by atoms with Crippen molar-refractivity contribution in [2.45, 2.75) is 133 Å². The van der Waals surface area contributed by atoms with Crippen molar-refractivity contribution in [3.8, 4) is 0 Å². The summed E-state index contributed by atoms with van der Waals surface area (Å²) in [5, 5.41) is 25.4. The number of ether oxygens (including phenoxy) is 2. The first-order chi connectivity index (χ1) is 24.6. The Labute approximate surface area is 308 Å². The van der Waals surface area contributed by atoms with Crippen LogP contribution in [0.1, 0.15) is 122 Å². The fourth-order valence-electron chi connectivity index (χ4n) is 5.66. The number of unbranched alkanes of at least 4 members (excludes halogenated alkanes) is 13. The minimum Gasteiger partial charge on any atom is -0.481 e. The average Bonchev–Trinajstić information content (AvgIpc) is 3.36. The van der Waals surface area contributed by atoms with Gasteiger partial charge in [-0.05, 0) is 44.9 Å². The van der Waals surface area contributed by atoms with Crippen molar-refractivity contribution in [2.24, 2.45) is 0 Å². The van der Waals surface area contributed by atoms with Gasteiger partial charge in [-0.25, -0.2) is 0 Å². The lowest BCUT2D eigenvalue weighted by atomic mass is 10.0.